The molecule has 3 nitrogen and oxygen atoms in total. The van der Waals surface area contributed by atoms with Gasteiger partial charge in [0, 0.05) is 12.2 Å². The zero-order chi connectivity index (χ0) is 22.8. The molecule has 4 aromatic rings. The Bertz CT molecular complexity index is 1230. The molecule has 1 aliphatic heterocycles. The van der Waals surface area contributed by atoms with Gasteiger partial charge < -0.3 is 14.4 Å². The van der Waals surface area contributed by atoms with Crippen LogP contribution in [0.25, 0.3) is 10.8 Å². The molecule has 0 saturated carbocycles. The van der Waals surface area contributed by atoms with Crippen LogP contribution in [0.3, 0.4) is 0 Å². The van der Waals surface area contributed by atoms with Crippen molar-refractivity contribution in [1.29, 1.82) is 0 Å². The van der Waals surface area contributed by atoms with Gasteiger partial charge in [-0.15, -0.1) is 0 Å². The second-order valence-electron chi connectivity index (χ2n) is 9.75. The standard InChI is InChI=1S/C30H31NO2/c1-30(2,3)33-27-17-15-26(16-18-27)32-21-25-19-23-10-5-7-14-29(23)31(25)20-24-12-8-11-22-9-4-6-13-28(22)24/h4-18,25H,19-21H2,1-3H3. The van der Waals surface area contributed by atoms with Gasteiger partial charge in [-0.1, -0.05) is 60.7 Å². The summed E-state index contributed by atoms with van der Waals surface area (Å²) in [5, 5.41) is 2.60. The van der Waals surface area contributed by atoms with Crippen molar-refractivity contribution in [2.75, 3.05) is 11.5 Å². The number of anilines is 1. The van der Waals surface area contributed by atoms with Gasteiger partial charge in [-0.2, -0.15) is 0 Å². The quantitative estimate of drug-likeness (QED) is 0.323. The maximum atomic E-state index is 6.26. The summed E-state index contributed by atoms with van der Waals surface area (Å²) in [6.07, 6.45) is 0.992. The molecule has 168 valence electrons. The fourth-order valence-corrected chi connectivity index (χ4v) is 4.65. The number of hydrogen-bond donors (Lipinski definition) is 0. The van der Waals surface area contributed by atoms with E-state index in [1.54, 1.807) is 0 Å². The molecule has 0 bridgehead atoms. The summed E-state index contributed by atoms with van der Waals surface area (Å²) in [6.45, 7) is 7.67. The third kappa shape index (κ3) is 4.83. The Balaban J connectivity index is 1.34. The van der Waals surface area contributed by atoms with Gasteiger partial charge in [0.05, 0.1) is 6.04 Å². The van der Waals surface area contributed by atoms with Crippen LogP contribution in [-0.4, -0.2) is 18.2 Å². The Kier molecular flexibility index (Phi) is 5.72. The second kappa shape index (κ2) is 8.82. The Morgan fingerprint density at radius 1 is 0.788 bits per heavy atom. The van der Waals surface area contributed by atoms with E-state index >= 15 is 0 Å². The molecule has 1 aliphatic rings. The predicted molar refractivity (Wildman–Crippen MR) is 136 cm³/mol. The van der Waals surface area contributed by atoms with Gasteiger partial charge >= 0.3 is 0 Å². The van der Waals surface area contributed by atoms with Crippen molar-refractivity contribution >= 4 is 16.5 Å². The molecule has 1 atom stereocenters. The first-order valence-corrected chi connectivity index (χ1v) is 11.7. The molecule has 0 aromatic heterocycles. The van der Waals surface area contributed by atoms with Crippen LogP contribution in [0, 0.1) is 0 Å². The van der Waals surface area contributed by atoms with Gasteiger partial charge in [-0.05, 0) is 79.4 Å². The van der Waals surface area contributed by atoms with E-state index in [9.17, 15) is 0 Å². The SMILES string of the molecule is CC(C)(C)Oc1ccc(OCC2Cc3ccccc3N2Cc2cccc3ccccc23)cc1. The van der Waals surface area contributed by atoms with Gasteiger partial charge in [0.15, 0.2) is 0 Å². The molecule has 0 aliphatic carbocycles. The van der Waals surface area contributed by atoms with Crippen molar-refractivity contribution in [2.24, 2.45) is 0 Å². The highest BCUT2D eigenvalue weighted by Crippen LogP contribution is 2.35. The van der Waals surface area contributed by atoms with Crippen LogP contribution >= 0.6 is 0 Å². The third-order valence-corrected chi connectivity index (χ3v) is 6.11. The lowest BCUT2D eigenvalue weighted by Crippen LogP contribution is -2.36. The van der Waals surface area contributed by atoms with Crippen molar-refractivity contribution in [3.05, 3.63) is 102 Å². The van der Waals surface area contributed by atoms with Crippen molar-refractivity contribution in [3.63, 3.8) is 0 Å². The Hall–Kier alpha value is -3.46. The van der Waals surface area contributed by atoms with E-state index in [1.807, 2.05) is 24.3 Å². The van der Waals surface area contributed by atoms with E-state index < -0.39 is 0 Å². The molecule has 3 heteroatoms. The second-order valence-corrected chi connectivity index (χ2v) is 9.75. The molecule has 1 unspecified atom stereocenters. The molecule has 0 amide bonds. The van der Waals surface area contributed by atoms with E-state index in [4.69, 9.17) is 9.47 Å². The average molecular weight is 438 g/mol. The monoisotopic (exact) mass is 437 g/mol. The van der Waals surface area contributed by atoms with E-state index in [0.29, 0.717) is 6.61 Å². The molecule has 1 heterocycles. The number of fused-ring (bicyclic) bond motifs is 2. The first kappa shape index (κ1) is 21.4. The van der Waals surface area contributed by atoms with Gasteiger partial charge in [-0.3, -0.25) is 0 Å². The summed E-state index contributed by atoms with van der Waals surface area (Å²) >= 11 is 0. The normalized spacial score (nSPS) is 15.5. The van der Waals surface area contributed by atoms with Crippen molar-refractivity contribution in [2.45, 2.75) is 45.4 Å². The van der Waals surface area contributed by atoms with Crippen LogP contribution in [0.4, 0.5) is 5.69 Å². The van der Waals surface area contributed by atoms with Gasteiger partial charge in [0.2, 0.25) is 0 Å². The fraction of sp³-hybridized carbons (Fsp3) is 0.267. The number of hydrogen-bond acceptors (Lipinski definition) is 3. The van der Waals surface area contributed by atoms with Gasteiger partial charge in [0.1, 0.15) is 23.7 Å². The smallest absolute Gasteiger partial charge is 0.120 e. The topological polar surface area (TPSA) is 21.7 Å². The van der Waals surface area contributed by atoms with E-state index in [2.05, 4.69) is 92.4 Å². The average Bonchev–Trinajstić information content (AvgIpc) is 3.15. The zero-order valence-corrected chi connectivity index (χ0v) is 19.6. The van der Waals surface area contributed by atoms with Crippen LogP contribution in [0.5, 0.6) is 11.5 Å². The van der Waals surface area contributed by atoms with Gasteiger partial charge in [0.25, 0.3) is 0 Å². The summed E-state index contributed by atoms with van der Waals surface area (Å²) in [6, 6.07) is 32.2. The minimum Gasteiger partial charge on any atom is -0.491 e. The van der Waals surface area contributed by atoms with Crippen molar-refractivity contribution in [3.8, 4) is 11.5 Å². The summed E-state index contributed by atoms with van der Waals surface area (Å²) in [5.41, 5.74) is 3.84. The molecule has 0 radical (unpaired) electrons. The summed E-state index contributed by atoms with van der Waals surface area (Å²) in [7, 11) is 0. The maximum Gasteiger partial charge on any atom is 0.120 e. The van der Waals surface area contributed by atoms with Crippen molar-refractivity contribution in [1.82, 2.24) is 0 Å². The fourth-order valence-electron chi connectivity index (χ4n) is 4.65. The largest absolute Gasteiger partial charge is 0.491 e. The molecule has 0 saturated heterocycles. The van der Waals surface area contributed by atoms with Crippen LogP contribution in [0.2, 0.25) is 0 Å². The third-order valence-electron chi connectivity index (χ3n) is 6.11. The molecule has 5 rings (SSSR count). The summed E-state index contributed by atoms with van der Waals surface area (Å²) < 4.78 is 12.2. The molecular weight excluding hydrogens is 406 g/mol. The summed E-state index contributed by atoms with van der Waals surface area (Å²) in [4.78, 5) is 2.51. The maximum absolute atomic E-state index is 6.26. The highest BCUT2D eigenvalue weighted by Gasteiger charge is 2.30. The molecule has 0 spiro atoms. The Morgan fingerprint density at radius 3 is 2.30 bits per heavy atom. The first-order chi connectivity index (χ1) is 16.0. The minimum atomic E-state index is -0.208. The van der Waals surface area contributed by atoms with Crippen LogP contribution in [-0.2, 0) is 13.0 Å². The van der Waals surface area contributed by atoms with Crippen LogP contribution < -0.4 is 14.4 Å². The first-order valence-electron chi connectivity index (χ1n) is 11.7. The molecule has 33 heavy (non-hydrogen) atoms. The molecular formula is C30H31NO2. The van der Waals surface area contributed by atoms with Crippen LogP contribution in [0.1, 0.15) is 31.9 Å². The van der Waals surface area contributed by atoms with E-state index in [-0.39, 0.29) is 11.6 Å². The molecule has 0 fully saturated rings. The number of ether oxygens (including phenoxy) is 2. The molecule has 0 N–H and O–H groups in total. The Labute approximate surface area is 196 Å². The molecule has 4 aromatic carbocycles. The number of nitrogens with zero attached hydrogens (tertiary/aromatic N) is 1. The predicted octanol–water partition coefficient (Wildman–Crippen LogP) is 7.03. The summed E-state index contributed by atoms with van der Waals surface area (Å²) in [5.74, 6) is 1.73. The lowest BCUT2D eigenvalue weighted by atomic mass is 10.0. The Morgan fingerprint density at radius 2 is 1.48 bits per heavy atom. The van der Waals surface area contributed by atoms with Gasteiger partial charge in [-0.25, -0.2) is 0 Å². The van der Waals surface area contributed by atoms with Crippen LogP contribution in [0.15, 0.2) is 91.0 Å². The minimum absolute atomic E-state index is 0.208. The van der Waals surface area contributed by atoms with E-state index in [1.165, 1.54) is 27.6 Å². The number of benzene rings is 4. The lowest BCUT2D eigenvalue weighted by molar-refractivity contribution is 0.130. The highest BCUT2D eigenvalue weighted by atomic mass is 16.5. The lowest BCUT2D eigenvalue weighted by Gasteiger charge is -2.28. The number of rotatable bonds is 6. The van der Waals surface area contributed by atoms with E-state index in [0.717, 1.165) is 24.5 Å². The zero-order valence-electron chi connectivity index (χ0n) is 19.6. The van der Waals surface area contributed by atoms with Crippen molar-refractivity contribution < 1.29 is 9.47 Å². The highest BCUT2D eigenvalue weighted by molar-refractivity contribution is 5.86. The number of para-hydroxylation sites is 1.